The Morgan fingerprint density at radius 1 is 1.00 bits per heavy atom. The van der Waals surface area contributed by atoms with E-state index in [1.54, 1.807) is 36.4 Å². The lowest BCUT2D eigenvalue weighted by atomic mass is 10.1. The average Bonchev–Trinajstić information content (AvgIpc) is 3.16. The highest BCUT2D eigenvalue weighted by atomic mass is 16.5. The Morgan fingerprint density at radius 3 is 2.33 bits per heavy atom. The second kappa shape index (κ2) is 7.00. The largest absolute Gasteiger partial charge is 0.465 e. The summed E-state index contributed by atoms with van der Waals surface area (Å²) in [4.78, 5) is 26.4. The van der Waals surface area contributed by atoms with Crippen LogP contribution in [0.5, 0.6) is 0 Å². The van der Waals surface area contributed by atoms with Gasteiger partial charge in [0.25, 0.3) is 5.91 Å². The summed E-state index contributed by atoms with van der Waals surface area (Å²) < 4.78 is 4.74. The van der Waals surface area contributed by atoms with Crippen LogP contribution in [-0.2, 0) is 4.74 Å². The van der Waals surface area contributed by atoms with E-state index >= 15 is 0 Å². The summed E-state index contributed by atoms with van der Waals surface area (Å²) in [6.07, 6.45) is 4.23. The molecule has 1 N–H and O–H groups in total. The third-order valence-corrected chi connectivity index (χ3v) is 3.89. The minimum atomic E-state index is -0.484. The molecule has 0 aromatic heterocycles. The first kappa shape index (κ1) is 15.8. The zero-order valence-corrected chi connectivity index (χ0v) is 13.4. The molecule has 0 radical (unpaired) electrons. The van der Waals surface area contributed by atoms with Crippen molar-refractivity contribution in [3.8, 4) is 0 Å². The van der Waals surface area contributed by atoms with E-state index in [9.17, 15) is 9.59 Å². The summed E-state index contributed by atoms with van der Waals surface area (Å²) in [5, 5.41) is 2.77. The van der Waals surface area contributed by atoms with Crippen molar-refractivity contribution in [3.63, 3.8) is 0 Å². The van der Waals surface area contributed by atoms with E-state index in [0.717, 1.165) is 18.8 Å². The molecular formula is C19H18N2O3. The van der Waals surface area contributed by atoms with Gasteiger partial charge in [0, 0.05) is 24.3 Å². The first-order valence-electron chi connectivity index (χ1n) is 7.68. The highest BCUT2D eigenvalue weighted by molar-refractivity contribution is 6.08. The quantitative estimate of drug-likeness (QED) is 0.694. The van der Waals surface area contributed by atoms with Crippen LogP contribution in [0.2, 0.25) is 0 Å². The van der Waals surface area contributed by atoms with Crippen molar-refractivity contribution in [2.24, 2.45) is 0 Å². The number of esters is 1. The molecule has 0 spiro atoms. The number of carbonyl (C=O) groups excluding carboxylic acids is 2. The fourth-order valence-electron chi connectivity index (χ4n) is 2.59. The van der Waals surface area contributed by atoms with E-state index in [2.05, 4.69) is 22.4 Å². The third-order valence-electron chi connectivity index (χ3n) is 3.89. The molecule has 24 heavy (non-hydrogen) atoms. The highest BCUT2D eigenvalue weighted by Gasteiger charge is 2.15. The maximum atomic E-state index is 12.4. The maximum Gasteiger partial charge on any atom is 0.339 e. The zero-order chi connectivity index (χ0) is 16.9. The predicted molar refractivity (Wildman–Crippen MR) is 93.5 cm³/mol. The summed E-state index contributed by atoms with van der Waals surface area (Å²) in [6.45, 7) is 1.77. The SMILES string of the molecule is COC(=O)c1ccccc1NC(=O)c1ccc(N2CC=CC2)cc1. The molecule has 5 heteroatoms. The standard InChI is InChI=1S/C19H18N2O3/c1-24-19(23)16-6-2-3-7-17(16)20-18(22)14-8-10-15(11-9-14)21-12-4-5-13-21/h2-11H,12-13H2,1H3,(H,20,22). The molecule has 0 fully saturated rings. The molecule has 2 aromatic rings. The van der Waals surface area contributed by atoms with Gasteiger partial charge in [-0.05, 0) is 36.4 Å². The van der Waals surface area contributed by atoms with Crippen LogP contribution in [0.4, 0.5) is 11.4 Å². The van der Waals surface area contributed by atoms with Gasteiger partial charge in [-0.2, -0.15) is 0 Å². The summed E-state index contributed by atoms with van der Waals surface area (Å²) in [7, 11) is 1.31. The molecule has 0 atom stereocenters. The van der Waals surface area contributed by atoms with Gasteiger partial charge >= 0.3 is 5.97 Å². The fraction of sp³-hybridized carbons (Fsp3) is 0.158. The Bertz CT molecular complexity index is 773. The topological polar surface area (TPSA) is 58.6 Å². The molecule has 0 saturated heterocycles. The lowest BCUT2D eigenvalue weighted by molar-refractivity contribution is 0.0602. The number of hydrogen-bond acceptors (Lipinski definition) is 4. The van der Waals surface area contributed by atoms with E-state index < -0.39 is 5.97 Å². The Hall–Kier alpha value is -3.08. The van der Waals surface area contributed by atoms with Crippen LogP contribution in [0.1, 0.15) is 20.7 Å². The Balaban J connectivity index is 1.74. The molecule has 2 aromatic carbocycles. The monoisotopic (exact) mass is 322 g/mol. The van der Waals surface area contributed by atoms with Crippen LogP contribution in [0, 0.1) is 0 Å². The molecule has 1 aliphatic heterocycles. The van der Waals surface area contributed by atoms with Gasteiger partial charge in [0.15, 0.2) is 0 Å². The average molecular weight is 322 g/mol. The molecule has 5 nitrogen and oxygen atoms in total. The maximum absolute atomic E-state index is 12.4. The molecule has 1 heterocycles. The van der Waals surface area contributed by atoms with Gasteiger partial charge in [0.2, 0.25) is 0 Å². The van der Waals surface area contributed by atoms with E-state index in [-0.39, 0.29) is 5.91 Å². The van der Waals surface area contributed by atoms with E-state index in [4.69, 9.17) is 4.74 Å². The van der Waals surface area contributed by atoms with Crippen molar-refractivity contribution in [3.05, 3.63) is 71.8 Å². The van der Waals surface area contributed by atoms with Gasteiger partial charge in [0.05, 0.1) is 18.4 Å². The van der Waals surface area contributed by atoms with Crippen molar-refractivity contribution in [1.82, 2.24) is 0 Å². The Kier molecular flexibility index (Phi) is 4.61. The summed E-state index contributed by atoms with van der Waals surface area (Å²) in [6, 6.07) is 14.2. The molecule has 0 saturated carbocycles. The van der Waals surface area contributed by atoms with Crippen molar-refractivity contribution in [1.29, 1.82) is 0 Å². The number of methoxy groups -OCH3 is 1. The van der Waals surface area contributed by atoms with Gasteiger partial charge < -0.3 is 15.0 Å². The molecule has 0 bridgehead atoms. The minimum Gasteiger partial charge on any atom is -0.465 e. The van der Waals surface area contributed by atoms with Crippen molar-refractivity contribution in [2.45, 2.75) is 0 Å². The van der Waals surface area contributed by atoms with Crippen LogP contribution in [-0.4, -0.2) is 32.1 Å². The highest BCUT2D eigenvalue weighted by Crippen LogP contribution is 2.20. The zero-order valence-electron chi connectivity index (χ0n) is 13.4. The second-order valence-corrected chi connectivity index (χ2v) is 5.41. The third kappa shape index (κ3) is 3.30. The van der Waals surface area contributed by atoms with Crippen LogP contribution in [0.15, 0.2) is 60.7 Å². The number of hydrogen-bond donors (Lipinski definition) is 1. The number of amides is 1. The fourth-order valence-corrected chi connectivity index (χ4v) is 2.59. The molecule has 1 aliphatic rings. The number of nitrogens with one attached hydrogen (secondary N) is 1. The Morgan fingerprint density at radius 2 is 1.67 bits per heavy atom. The Labute approximate surface area is 140 Å². The van der Waals surface area contributed by atoms with Crippen molar-refractivity contribution >= 4 is 23.3 Å². The minimum absolute atomic E-state index is 0.266. The number of nitrogens with zero attached hydrogens (tertiary/aromatic N) is 1. The van der Waals surface area contributed by atoms with E-state index in [0.29, 0.717) is 16.8 Å². The number of rotatable bonds is 4. The second-order valence-electron chi connectivity index (χ2n) is 5.41. The number of carbonyl (C=O) groups is 2. The number of ether oxygens (including phenoxy) is 1. The summed E-state index contributed by atoms with van der Waals surface area (Å²) >= 11 is 0. The molecule has 3 rings (SSSR count). The lowest BCUT2D eigenvalue weighted by Crippen LogP contribution is -2.19. The smallest absolute Gasteiger partial charge is 0.339 e. The molecular weight excluding hydrogens is 304 g/mol. The van der Waals surface area contributed by atoms with Crippen LogP contribution >= 0.6 is 0 Å². The van der Waals surface area contributed by atoms with Crippen LogP contribution < -0.4 is 10.2 Å². The predicted octanol–water partition coefficient (Wildman–Crippen LogP) is 3.10. The van der Waals surface area contributed by atoms with Gasteiger partial charge in [-0.3, -0.25) is 4.79 Å². The van der Waals surface area contributed by atoms with Gasteiger partial charge in [-0.1, -0.05) is 24.3 Å². The van der Waals surface area contributed by atoms with Gasteiger partial charge in [-0.15, -0.1) is 0 Å². The first-order valence-corrected chi connectivity index (χ1v) is 7.68. The summed E-state index contributed by atoms with van der Waals surface area (Å²) in [5.41, 5.74) is 2.37. The normalized spacial score (nSPS) is 13.0. The first-order chi connectivity index (χ1) is 11.7. The van der Waals surface area contributed by atoms with E-state index in [1.807, 2.05) is 12.1 Å². The van der Waals surface area contributed by atoms with E-state index in [1.165, 1.54) is 7.11 Å². The molecule has 122 valence electrons. The molecule has 1 amide bonds. The molecule has 0 unspecified atom stereocenters. The number of para-hydroxylation sites is 1. The number of benzene rings is 2. The van der Waals surface area contributed by atoms with Crippen molar-refractivity contribution in [2.75, 3.05) is 30.4 Å². The van der Waals surface area contributed by atoms with Crippen LogP contribution in [0.25, 0.3) is 0 Å². The van der Waals surface area contributed by atoms with Crippen molar-refractivity contribution < 1.29 is 14.3 Å². The van der Waals surface area contributed by atoms with Gasteiger partial charge in [-0.25, -0.2) is 4.79 Å². The number of anilines is 2. The van der Waals surface area contributed by atoms with Crippen LogP contribution in [0.3, 0.4) is 0 Å². The van der Waals surface area contributed by atoms with Gasteiger partial charge in [0.1, 0.15) is 0 Å². The summed E-state index contributed by atoms with van der Waals surface area (Å²) in [5.74, 6) is -0.750. The lowest BCUT2D eigenvalue weighted by Gasteiger charge is -2.17. The molecule has 0 aliphatic carbocycles.